The number of para-hydroxylation sites is 2. The highest BCUT2D eigenvalue weighted by Gasteiger charge is 2.32. The summed E-state index contributed by atoms with van der Waals surface area (Å²) in [5.41, 5.74) is 3.20. The van der Waals surface area contributed by atoms with Gasteiger partial charge in [0.25, 0.3) is 5.91 Å². The van der Waals surface area contributed by atoms with Crippen LogP contribution in [0.1, 0.15) is 37.2 Å². The molecule has 5 nitrogen and oxygen atoms in total. The average molecular weight is 349 g/mol. The summed E-state index contributed by atoms with van der Waals surface area (Å²) >= 11 is 0. The molecule has 2 aromatic carbocycles. The van der Waals surface area contributed by atoms with Crippen LogP contribution in [0.4, 0.5) is 0 Å². The number of hydrogen-bond donors (Lipinski definition) is 1. The Labute approximate surface area is 153 Å². The first-order chi connectivity index (χ1) is 12.7. The highest BCUT2D eigenvalue weighted by atomic mass is 16.5. The van der Waals surface area contributed by atoms with Crippen molar-refractivity contribution in [2.75, 3.05) is 13.2 Å². The van der Waals surface area contributed by atoms with Gasteiger partial charge in [-0.1, -0.05) is 31.2 Å². The minimum absolute atomic E-state index is 0.000896. The monoisotopic (exact) mass is 349 g/mol. The Balaban J connectivity index is 1.44. The van der Waals surface area contributed by atoms with Gasteiger partial charge in [-0.25, -0.2) is 4.98 Å². The summed E-state index contributed by atoms with van der Waals surface area (Å²) in [4.78, 5) is 22.6. The van der Waals surface area contributed by atoms with E-state index in [2.05, 4.69) is 16.9 Å². The Kier molecular flexibility index (Phi) is 4.61. The summed E-state index contributed by atoms with van der Waals surface area (Å²) in [5, 5.41) is 0. The van der Waals surface area contributed by atoms with Crippen LogP contribution >= 0.6 is 0 Å². The molecular weight excluding hydrogens is 326 g/mol. The van der Waals surface area contributed by atoms with Crippen LogP contribution in [0.2, 0.25) is 0 Å². The fraction of sp³-hybridized carbons (Fsp3) is 0.333. The van der Waals surface area contributed by atoms with Gasteiger partial charge < -0.3 is 14.6 Å². The number of benzene rings is 2. The maximum atomic E-state index is 12.7. The summed E-state index contributed by atoms with van der Waals surface area (Å²) in [6.45, 7) is 2.92. The summed E-state index contributed by atoms with van der Waals surface area (Å²) in [5.74, 6) is 1.60. The number of H-pyrrole nitrogens is 1. The minimum atomic E-state index is 0.000896. The number of aromatic nitrogens is 2. The number of likely N-dealkylation sites (tertiary alicyclic amines) is 1. The van der Waals surface area contributed by atoms with Gasteiger partial charge in [0.15, 0.2) is 6.61 Å². The second-order valence-electron chi connectivity index (χ2n) is 6.67. The average Bonchev–Trinajstić information content (AvgIpc) is 3.32. The second kappa shape index (κ2) is 7.20. The van der Waals surface area contributed by atoms with E-state index in [1.807, 2.05) is 53.4 Å². The van der Waals surface area contributed by atoms with E-state index in [9.17, 15) is 4.79 Å². The Morgan fingerprint density at radius 3 is 2.81 bits per heavy atom. The van der Waals surface area contributed by atoms with Crippen LogP contribution in [0, 0.1) is 0 Å². The van der Waals surface area contributed by atoms with E-state index in [0.717, 1.165) is 48.4 Å². The van der Waals surface area contributed by atoms with E-state index in [1.165, 1.54) is 5.56 Å². The van der Waals surface area contributed by atoms with Crippen LogP contribution < -0.4 is 4.74 Å². The number of fused-ring (bicyclic) bond motifs is 1. The molecular formula is C21H23N3O2. The van der Waals surface area contributed by atoms with Crippen molar-refractivity contribution >= 4 is 16.9 Å². The van der Waals surface area contributed by atoms with E-state index in [-0.39, 0.29) is 18.6 Å². The number of ether oxygens (including phenoxy) is 1. The van der Waals surface area contributed by atoms with Gasteiger partial charge in [-0.2, -0.15) is 0 Å². The molecule has 1 saturated heterocycles. The number of aromatic amines is 1. The number of amides is 1. The number of nitrogens with one attached hydrogen (secondary N) is 1. The van der Waals surface area contributed by atoms with Gasteiger partial charge in [0, 0.05) is 6.54 Å². The van der Waals surface area contributed by atoms with Crippen LogP contribution in [0.5, 0.6) is 5.75 Å². The van der Waals surface area contributed by atoms with E-state index in [0.29, 0.717) is 0 Å². The van der Waals surface area contributed by atoms with Crippen molar-refractivity contribution in [3.63, 3.8) is 0 Å². The fourth-order valence-electron chi connectivity index (χ4n) is 3.53. The normalized spacial score (nSPS) is 17.0. The molecule has 2 heterocycles. The van der Waals surface area contributed by atoms with E-state index in [4.69, 9.17) is 4.74 Å². The SMILES string of the molecule is CCc1ccc(OCC(=O)N2CCCC2c2nc3ccccc3[nH]2)cc1. The zero-order chi connectivity index (χ0) is 17.9. The molecule has 1 N–H and O–H groups in total. The first-order valence-electron chi connectivity index (χ1n) is 9.20. The van der Waals surface area contributed by atoms with E-state index < -0.39 is 0 Å². The van der Waals surface area contributed by atoms with Crippen molar-refractivity contribution in [2.24, 2.45) is 0 Å². The third-order valence-corrected chi connectivity index (χ3v) is 4.99. The number of rotatable bonds is 5. The van der Waals surface area contributed by atoms with Gasteiger partial charge in [-0.3, -0.25) is 4.79 Å². The van der Waals surface area contributed by atoms with Gasteiger partial charge in [0.2, 0.25) is 0 Å². The quantitative estimate of drug-likeness (QED) is 0.761. The van der Waals surface area contributed by atoms with Crippen molar-refractivity contribution in [1.29, 1.82) is 0 Å². The van der Waals surface area contributed by atoms with Crippen molar-refractivity contribution in [3.8, 4) is 5.75 Å². The predicted octanol–water partition coefficient (Wildman–Crippen LogP) is 3.87. The lowest BCUT2D eigenvalue weighted by molar-refractivity contribution is -0.134. The van der Waals surface area contributed by atoms with Crippen molar-refractivity contribution in [2.45, 2.75) is 32.2 Å². The molecule has 26 heavy (non-hydrogen) atoms. The molecule has 0 aliphatic carbocycles. The highest BCUT2D eigenvalue weighted by molar-refractivity contribution is 5.79. The Hall–Kier alpha value is -2.82. The summed E-state index contributed by atoms with van der Waals surface area (Å²) < 4.78 is 5.70. The molecule has 134 valence electrons. The van der Waals surface area contributed by atoms with Crippen molar-refractivity contribution in [3.05, 3.63) is 59.9 Å². The summed E-state index contributed by atoms with van der Waals surface area (Å²) in [7, 11) is 0. The largest absolute Gasteiger partial charge is 0.484 e. The molecule has 1 amide bonds. The molecule has 1 fully saturated rings. The van der Waals surface area contributed by atoms with Gasteiger partial charge in [0.05, 0.1) is 17.1 Å². The van der Waals surface area contributed by atoms with Gasteiger partial charge >= 0.3 is 0 Å². The Morgan fingerprint density at radius 1 is 1.23 bits per heavy atom. The van der Waals surface area contributed by atoms with Gasteiger partial charge in [-0.05, 0) is 49.1 Å². The first-order valence-corrected chi connectivity index (χ1v) is 9.20. The summed E-state index contributed by atoms with van der Waals surface area (Å²) in [6, 6.07) is 15.9. The third kappa shape index (κ3) is 3.29. The van der Waals surface area contributed by atoms with Crippen LogP contribution in [0.25, 0.3) is 11.0 Å². The molecule has 0 saturated carbocycles. The molecule has 5 heteroatoms. The van der Waals surface area contributed by atoms with Gasteiger partial charge in [0.1, 0.15) is 11.6 Å². The molecule has 1 atom stereocenters. The highest BCUT2D eigenvalue weighted by Crippen LogP contribution is 2.31. The zero-order valence-electron chi connectivity index (χ0n) is 14.9. The minimum Gasteiger partial charge on any atom is -0.484 e. The van der Waals surface area contributed by atoms with Crippen LogP contribution in [0.15, 0.2) is 48.5 Å². The molecule has 3 aromatic rings. The number of carbonyl (C=O) groups excluding carboxylic acids is 1. The number of carbonyl (C=O) groups is 1. The molecule has 0 radical (unpaired) electrons. The molecule has 1 aliphatic heterocycles. The van der Waals surface area contributed by atoms with Crippen molar-refractivity contribution in [1.82, 2.24) is 14.9 Å². The molecule has 1 aliphatic rings. The second-order valence-corrected chi connectivity index (χ2v) is 6.67. The third-order valence-electron chi connectivity index (χ3n) is 4.99. The predicted molar refractivity (Wildman–Crippen MR) is 101 cm³/mol. The topological polar surface area (TPSA) is 58.2 Å². The van der Waals surface area contributed by atoms with Crippen LogP contribution in [-0.4, -0.2) is 33.9 Å². The van der Waals surface area contributed by atoms with Crippen LogP contribution in [-0.2, 0) is 11.2 Å². The van der Waals surface area contributed by atoms with E-state index in [1.54, 1.807) is 0 Å². The lowest BCUT2D eigenvalue weighted by Crippen LogP contribution is -2.34. The van der Waals surface area contributed by atoms with E-state index >= 15 is 0 Å². The number of nitrogens with zero attached hydrogens (tertiary/aromatic N) is 2. The van der Waals surface area contributed by atoms with Crippen LogP contribution in [0.3, 0.4) is 0 Å². The molecule has 0 spiro atoms. The fourth-order valence-corrected chi connectivity index (χ4v) is 3.53. The number of aryl methyl sites for hydroxylation is 1. The Bertz CT molecular complexity index is 868. The maximum Gasteiger partial charge on any atom is 0.261 e. The van der Waals surface area contributed by atoms with Gasteiger partial charge in [-0.15, -0.1) is 0 Å². The molecule has 0 bridgehead atoms. The smallest absolute Gasteiger partial charge is 0.261 e. The number of imidazole rings is 1. The molecule has 1 aromatic heterocycles. The summed E-state index contributed by atoms with van der Waals surface area (Å²) in [6.07, 6.45) is 2.90. The first kappa shape index (κ1) is 16.6. The number of hydrogen-bond acceptors (Lipinski definition) is 3. The molecule has 1 unspecified atom stereocenters. The lowest BCUT2D eigenvalue weighted by atomic mass is 10.2. The lowest BCUT2D eigenvalue weighted by Gasteiger charge is -2.23. The maximum absolute atomic E-state index is 12.7. The Morgan fingerprint density at radius 2 is 2.04 bits per heavy atom. The van der Waals surface area contributed by atoms with Crippen molar-refractivity contribution < 1.29 is 9.53 Å². The zero-order valence-corrected chi connectivity index (χ0v) is 14.9. The molecule has 4 rings (SSSR count). The standard InChI is InChI=1S/C21H23N3O2/c1-2-15-9-11-16(12-10-15)26-14-20(25)24-13-5-8-19(24)21-22-17-6-3-4-7-18(17)23-21/h3-4,6-7,9-12,19H,2,5,8,13-14H2,1H3,(H,22,23).